The van der Waals surface area contributed by atoms with E-state index in [1.807, 2.05) is 38.1 Å². The molecule has 55 heavy (non-hydrogen) atoms. The van der Waals surface area contributed by atoms with Gasteiger partial charge in [-0.05, 0) is 110 Å². The molecular formula is C40H34N4O9S2. The molecule has 6 aromatic carbocycles. The molecule has 0 aliphatic heterocycles. The van der Waals surface area contributed by atoms with Gasteiger partial charge in [0.05, 0.1) is 0 Å². The van der Waals surface area contributed by atoms with Crippen LogP contribution in [0, 0.1) is 13.8 Å². The van der Waals surface area contributed by atoms with E-state index in [0.29, 0.717) is 22.7 Å². The highest BCUT2D eigenvalue weighted by molar-refractivity contribution is 7.87. The summed E-state index contributed by atoms with van der Waals surface area (Å²) in [5.41, 5.74) is 3.65. The first-order valence-electron chi connectivity index (χ1n) is 16.6. The Bertz CT molecular complexity index is 2380. The van der Waals surface area contributed by atoms with Crippen LogP contribution in [0.1, 0.15) is 11.1 Å². The molecule has 0 spiro atoms. The van der Waals surface area contributed by atoms with Crippen LogP contribution in [0.2, 0.25) is 0 Å². The first-order valence-corrected chi connectivity index (χ1v) is 19.4. The molecule has 6 aromatic rings. The smallest absolute Gasteiger partial charge is 0.339 e. The number of amides is 4. The molecule has 13 nitrogen and oxygen atoms in total. The Morgan fingerprint density at radius 3 is 1.20 bits per heavy atom. The molecule has 0 unspecified atom stereocenters. The van der Waals surface area contributed by atoms with Gasteiger partial charge < -0.3 is 34.4 Å². The van der Waals surface area contributed by atoms with Crippen molar-refractivity contribution >= 4 is 55.0 Å². The van der Waals surface area contributed by atoms with Crippen LogP contribution in [0.15, 0.2) is 155 Å². The van der Waals surface area contributed by atoms with Crippen molar-refractivity contribution in [2.45, 2.75) is 23.6 Å². The first kappa shape index (κ1) is 37.9. The SMILES string of the molecule is Cc1ccccc1NC(=O)Nc1cccc(OS(=O)(=O)c2ccc(Oc3ccc(S(=O)(=O)Oc4cccc(NC(=O)Nc5ccccc5C)c4)cc3)cc2)c1. The van der Waals surface area contributed by atoms with Gasteiger partial charge in [-0.2, -0.15) is 16.8 Å². The van der Waals surface area contributed by atoms with Crippen LogP contribution in [0.5, 0.6) is 23.0 Å². The van der Waals surface area contributed by atoms with Gasteiger partial charge in [0.25, 0.3) is 0 Å². The second kappa shape index (κ2) is 16.4. The summed E-state index contributed by atoms with van der Waals surface area (Å²) in [6.07, 6.45) is 0. The molecule has 6 rings (SSSR count). The largest absolute Gasteiger partial charge is 0.457 e. The zero-order chi connectivity index (χ0) is 39.0. The van der Waals surface area contributed by atoms with E-state index in [9.17, 15) is 26.4 Å². The molecule has 0 heterocycles. The standard InChI is InChI=1S/C40H34N4O9S2/c1-27-9-3-5-15-37(27)43-39(45)41-29-11-7-13-33(25-29)52-54(47,48)35-21-17-31(18-22-35)51-32-19-23-36(24-20-32)55(49,50)53-34-14-8-12-30(26-34)42-40(46)44-38-16-6-4-10-28(38)2/h3-26H,1-2H3,(H2,41,43,45)(H2,42,44,46). The van der Waals surface area contributed by atoms with E-state index in [2.05, 4.69) is 21.3 Å². The summed E-state index contributed by atoms with van der Waals surface area (Å²) >= 11 is 0. The lowest BCUT2D eigenvalue weighted by Crippen LogP contribution is -2.20. The minimum Gasteiger partial charge on any atom is -0.457 e. The minimum absolute atomic E-state index is 0.0151. The van der Waals surface area contributed by atoms with Crippen LogP contribution in [-0.4, -0.2) is 28.9 Å². The molecule has 0 saturated heterocycles. The fourth-order valence-corrected chi connectivity index (χ4v) is 6.93. The van der Waals surface area contributed by atoms with Gasteiger partial charge in [0.1, 0.15) is 32.8 Å². The van der Waals surface area contributed by atoms with Gasteiger partial charge in [0.15, 0.2) is 0 Å². The average molecular weight is 779 g/mol. The lowest BCUT2D eigenvalue weighted by molar-refractivity contribution is 0.261. The fourth-order valence-electron chi connectivity index (χ4n) is 5.08. The van der Waals surface area contributed by atoms with E-state index in [4.69, 9.17) is 13.1 Å². The zero-order valence-electron chi connectivity index (χ0n) is 29.3. The van der Waals surface area contributed by atoms with Crippen molar-refractivity contribution in [2.24, 2.45) is 0 Å². The van der Waals surface area contributed by atoms with Crippen molar-refractivity contribution in [2.75, 3.05) is 21.3 Å². The third-order valence-corrected chi connectivity index (χ3v) is 10.4. The number of carbonyl (C=O) groups is 2. The van der Waals surface area contributed by atoms with Crippen molar-refractivity contribution in [3.8, 4) is 23.0 Å². The predicted molar refractivity (Wildman–Crippen MR) is 209 cm³/mol. The Morgan fingerprint density at radius 2 is 0.818 bits per heavy atom. The van der Waals surface area contributed by atoms with Crippen molar-refractivity contribution in [1.82, 2.24) is 0 Å². The van der Waals surface area contributed by atoms with Gasteiger partial charge in [-0.15, -0.1) is 0 Å². The summed E-state index contributed by atoms with van der Waals surface area (Å²) in [7, 11) is -8.52. The highest BCUT2D eigenvalue weighted by Gasteiger charge is 2.19. The second-order valence-electron chi connectivity index (χ2n) is 12.0. The molecule has 280 valence electrons. The van der Waals surface area contributed by atoms with Gasteiger partial charge >= 0.3 is 32.3 Å². The number of nitrogens with one attached hydrogen (secondary N) is 4. The molecule has 0 aliphatic carbocycles. The van der Waals surface area contributed by atoms with Gasteiger partial charge in [0.2, 0.25) is 0 Å². The van der Waals surface area contributed by atoms with E-state index in [1.165, 1.54) is 72.8 Å². The van der Waals surface area contributed by atoms with E-state index in [-0.39, 0.29) is 32.8 Å². The molecule has 0 radical (unpaired) electrons. The van der Waals surface area contributed by atoms with Gasteiger partial charge in [0, 0.05) is 34.9 Å². The van der Waals surface area contributed by atoms with Crippen LogP contribution < -0.4 is 34.4 Å². The monoisotopic (exact) mass is 778 g/mol. The molecule has 15 heteroatoms. The maximum absolute atomic E-state index is 13.0. The lowest BCUT2D eigenvalue weighted by atomic mass is 10.2. The van der Waals surface area contributed by atoms with Gasteiger partial charge in [-0.3, -0.25) is 0 Å². The molecule has 4 amide bonds. The maximum Gasteiger partial charge on any atom is 0.339 e. The Kier molecular flexibility index (Phi) is 11.3. The van der Waals surface area contributed by atoms with Crippen LogP contribution in [0.4, 0.5) is 32.3 Å². The summed E-state index contributed by atoms with van der Waals surface area (Å²) in [6, 6.07) is 36.3. The third kappa shape index (κ3) is 10.2. The predicted octanol–water partition coefficient (Wildman–Crippen LogP) is 8.92. The number of carbonyl (C=O) groups excluding carboxylic acids is 2. The van der Waals surface area contributed by atoms with Crippen molar-refractivity contribution in [3.63, 3.8) is 0 Å². The Morgan fingerprint density at radius 1 is 0.436 bits per heavy atom. The van der Waals surface area contributed by atoms with Gasteiger partial charge in [-0.25, -0.2) is 9.59 Å². The number of urea groups is 2. The summed E-state index contributed by atoms with van der Waals surface area (Å²) in [6.45, 7) is 3.72. The summed E-state index contributed by atoms with van der Waals surface area (Å²) in [4.78, 5) is 24.7. The highest BCUT2D eigenvalue weighted by atomic mass is 32.2. The van der Waals surface area contributed by atoms with E-state index in [0.717, 1.165) is 11.1 Å². The molecule has 0 fully saturated rings. The van der Waals surface area contributed by atoms with Crippen LogP contribution in [0.25, 0.3) is 0 Å². The molecule has 4 N–H and O–H groups in total. The van der Waals surface area contributed by atoms with Crippen molar-refractivity contribution < 1.29 is 39.5 Å². The summed E-state index contributed by atoms with van der Waals surface area (Å²) < 4.78 is 68.6. The Hall–Kier alpha value is -6.84. The molecular weight excluding hydrogens is 745 g/mol. The second-order valence-corrected chi connectivity index (χ2v) is 15.1. The zero-order valence-corrected chi connectivity index (χ0v) is 31.0. The number of aryl methyl sites for hydroxylation is 2. The first-order chi connectivity index (χ1) is 26.3. The normalized spacial score (nSPS) is 11.2. The number of rotatable bonds is 12. The summed E-state index contributed by atoms with van der Waals surface area (Å²) in [5, 5.41) is 10.8. The number of benzene rings is 6. The van der Waals surface area contributed by atoms with E-state index >= 15 is 0 Å². The number of ether oxygens (including phenoxy) is 1. The van der Waals surface area contributed by atoms with Crippen LogP contribution in [0.3, 0.4) is 0 Å². The molecule has 0 saturated carbocycles. The minimum atomic E-state index is -4.26. The topological polar surface area (TPSA) is 178 Å². The Balaban J connectivity index is 1.03. The molecule has 0 bridgehead atoms. The quantitative estimate of drug-likeness (QED) is 0.0883. The van der Waals surface area contributed by atoms with Crippen molar-refractivity contribution in [3.05, 3.63) is 157 Å². The molecule has 0 aromatic heterocycles. The van der Waals surface area contributed by atoms with E-state index in [1.54, 1.807) is 48.5 Å². The molecule has 0 aliphatic rings. The Labute approximate surface area is 318 Å². The number of para-hydroxylation sites is 2. The molecule has 0 atom stereocenters. The van der Waals surface area contributed by atoms with Crippen molar-refractivity contribution in [1.29, 1.82) is 0 Å². The van der Waals surface area contributed by atoms with Crippen LogP contribution in [-0.2, 0) is 20.2 Å². The van der Waals surface area contributed by atoms with E-state index < -0.39 is 32.3 Å². The number of hydrogen-bond donors (Lipinski definition) is 4. The summed E-state index contributed by atoms with van der Waals surface area (Å²) in [5.74, 6) is 0.511. The number of hydrogen-bond acceptors (Lipinski definition) is 9. The lowest BCUT2D eigenvalue weighted by Gasteiger charge is -2.12. The van der Waals surface area contributed by atoms with Crippen LogP contribution >= 0.6 is 0 Å². The fraction of sp³-hybridized carbons (Fsp3) is 0.0500. The van der Waals surface area contributed by atoms with Gasteiger partial charge in [-0.1, -0.05) is 48.5 Å². The number of anilines is 4. The third-order valence-electron chi connectivity index (χ3n) is 7.84. The highest BCUT2D eigenvalue weighted by Crippen LogP contribution is 2.28. The maximum atomic E-state index is 13.0. The average Bonchev–Trinajstić information content (AvgIpc) is 3.14.